The molecule has 1 amide bonds. The van der Waals surface area contributed by atoms with E-state index < -0.39 is 0 Å². The minimum Gasteiger partial charge on any atom is -0.497 e. The monoisotopic (exact) mass is 327 g/mol. The smallest absolute Gasteiger partial charge is 0.224 e. The molecule has 0 saturated heterocycles. The van der Waals surface area contributed by atoms with E-state index in [1.54, 1.807) is 14.2 Å². The molecule has 0 bridgehead atoms. The molecule has 0 aliphatic heterocycles. The van der Waals surface area contributed by atoms with Crippen LogP contribution in [0.3, 0.4) is 0 Å². The van der Waals surface area contributed by atoms with Crippen molar-refractivity contribution in [3.05, 3.63) is 59.2 Å². The van der Waals surface area contributed by atoms with Crippen molar-refractivity contribution < 1.29 is 14.3 Å². The first kappa shape index (κ1) is 17.9. The molecule has 2 rings (SSSR count). The zero-order valence-electron chi connectivity index (χ0n) is 14.6. The number of carbonyl (C=O) groups is 1. The maximum atomic E-state index is 12.0. The molecule has 2 aromatic rings. The number of rotatable bonds is 8. The van der Waals surface area contributed by atoms with Gasteiger partial charge < -0.3 is 14.8 Å². The van der Waals surface area contributed by atoms with Crippen molar-refractivity contribution in [3.63, 3.8) is 0 Å². The number of hydrogen-bond acceptors (Lipinski definition) is 3. The molecule has 0 spiro atoms. The molecule has 0 aliphatic carbocycles. The largest absolute Gasteiger partial charge is 0.497 e. The molecule has 0 atom stereocenters. The van der Waals surface area contributed by atoms with E-state index >= 15 is 0 Å². The van der Waals surface area contributed by atoms with Crippen LogP contribution in [0, 0.1) is 6.92 Å². The fourth-order valence-electron chi connectivity index (χ4n) is 2.61. The normalized spacial score (nSPS) is 10.3. The average Bonchev–Trinajstić information content (AvgIpc) is 2.59. The number of benzene rings is 2. The van der Waals surface area contributed by atoms with Gasteiger partial charge in [0.15, 0.2) is 0 Å². The lowest BCUT2D eigenvalue weighted by molar-refractivity contribution is -0.120. The van der Waals surface area contributed by atoms with E-state index in [-0.39, 0.29) is 5.91 Å². The summed E-state index contributed by atoms with van der Waals surface area (Å²) in [4.78, 5) is 12.0. The molecule has 2 aromatic carbocycles. The minimum atomic E-state index is 0.0503. The summed E-state index contributed by atoms with van der Waals surface area (Å²) in [5.41, 5.74) is 3.29. The second-order valence-electron chi connectivity index (χ2n) is 5.78. The van der Waals surface area contributed by atoms with Gasteiger partial charge in [-0.05, 0) is 54.7 Å². The molecule has 0 saturated carbocycles. The van der Waals surface area contributed by atoms with E-state index in [2.05, 4.69) is 17.4 Å². The average molecular weight is 327 g/mol. The summed E-state index contributed by atoms with van der Waals surface area (Å²) >= 11 is 0. The van der Waals surface area contributed by atoms with E-state index in [4.69, 9.17) is 9.47 Å². The molecule has 0 fully saturated rings. The van der Waals surface area contributed by atoms with Crippen LogP contribution in [-0.2, 0) is 17.6 Å². The van der Waals surface area contributed by atoms with Gasteiger partial charge in [-0.3, -0.25) is 4.79 Å². The van der Waals surface area contributed by atoms with Crippen LogP contribution in [0.4, 0.5) is 0 Å². The molecule has 128 valence electrons. The topological polar surface area (TPSA) is 47.6 Å². The number of carbonyl (C=O) groups excluding carboxylic acids is 1. The van der Waals surface area contributed by atoms with E-state index in [1.807, 2.05) is 37.3 Å². The number of ether oxygens (including phenoxy) is 2. The van der Waals surface area contributed by atoms with Crippen molar-refractivity contribution in [3.8, 4) is 11.5 Å². The highest BCUT2D eigenvalue weighted by molar-refractivity contribution is 5.78. The third-order valence-corrected chi connectivity index (χ3v) is 3.95. The van der Waals surface area contributed by atoms with E-state index in [0.717, 1.165) is 35.5 Å². The lowest BCUT2D eigenvalue weighted by atomic mass is 10.1. The molecule has 0 unspecified atom stereocenters. The summed E-state index contributed by atoms with van der Waals surface area (Å²) < 4.78 is 10.4. The van der Waals surface area contributed by atoms with Crippen LogP contribution in [0.15, 0.2) is 42.5 Å². The van der Waals surface area contributed by atoms with Gasteiger partial charge in [-0.2, -0.15) is 0 Å². The third kappa shape index (κ3) is 5.30. The van der Waals surface area contributed by atoms with Gasteiger partial charge >= 0.3 is 0 Å². The number of amides is 1. The summed E-state index contributed by atoms with van der Waals surface area (Å²) in [5.74, 6) is 1.76. The van der Waals surface area contributed by atoms with Crippen molar-refractivity contribution in [2.24, 2.45) is 0 Å². The van der Waals surface area contributed by atoms with Gasteiger partial charge in [-0.1, -0.05) is 24.3 Å². The Hall–Kier alpha value is -2.49. The van der Waals surface area contributed by atoms with Crippen LogP contribution >= 0.6 is 0 Å². The van der Waals surface area contributed by atoms with Gasteiger partial charge in [-0.25, -0.2) is 0 Å². The number of aryl methyl sites for hydroxylation is 2. The number of hydrogen-bond donors (Lipinski definition) is 1. The first-order valence-corrected chi connectivity index (χ1v) is 8.15. The van der Waals surface area contributed by atoms with Crippen LogP contribution < -0.4 is 14.8 Å². The van der Waals surface area contributed by atoms with Gasteiger partial charge in [0.2, 0.25) is 5.91 Å². The first-order valence-electron chi connectivity index (χ1n) is 8.15. The maximum Gasteiger partial charge on any atom is 0.224 e. The van der Waals surface area contributed by atoms with Crippen LogP contribution in [-0.4, -0.2) is 26.7 Å². The van der Waals surface area contributed by atoms with Crippen LogP contribution in [0.5, 0.6) is 11.5 Å². The highest BCUT2D eigenvalue weighted by atomic mass is 16.5. The second-order valence-corrected chi connectivity index (χ2v) is 5.78. The maximum absolute atomic E-state index is 12.0. The summed E-state index contributed by atoms with van der Waals surface area (Å²) in [7, 11) is 3.31. The summed E-state index contributed by atoms with van der Waals surface area (Å²) in [6.07, 6.45) is 2.25. The predicted molar refractivity (Wildman–Crippen MR) is 95.8 cm³/mol. The SMILES string of the molecule is COc1ccc(CCCNC(=O)Cc2ccc(OC)c(C)c2)cc1. The Labute approximate surface area is 143 Å². The summed E-state index contributed by atoms with van der Waals surface area (Å²) in [6.45, 7) is 2.66. The quantitative estimate of drug-likeness (QED) is 0.757. The van der Waals surface area contributed by atoms with E-state index in [1.165, 1.54) is 5.56 Å². The van der Waals surface area contributed by atoms with Gasteiger partial charge in [0.05, 0.1) is 20.6 Å². The first-order chi connectivity index (χ1) is 11.6. The molecule has 0 aliphatic rings. The minimum absolute atomic E-state index is 0.0503. The Bertz CT molecular complexity index is 665. The Balaban J connectivity index is 1.72. The van der Waals surface area contributed by atoms with Gasteiger partial charge in [0.1, 0.15) is 11.5 Å². The fourth-order valence-corrected chi connectivity index (χ4v) is 2.61. The molecular formula is C20H25NO3. The number of nitrogens with one attached hydrogen (secondary N) is 1. The van der Waals surface area contributed by atoms with Crippen molar-refractivity contribution in [2.75, 3.05) is 20.8 Å². The molecule has 0 radical (unpaired) electrons. The van der Waals surface area contributed by atoms with E-state index in [0.29, 0.717) is 13.0 Å². The van der Waals surface area contributed by atoms with Gasteiger partial charge in [-0.15, -0.1) is 0 Å². The summed E-state index contributed by atoms with van der Waals surface area (Å²) in [5, 5.41) is 2.98. The highest BCUT2D eigenvalue weighted by Crippen LogP contribution is 2.18. The Kier molecular flexibility index (Phi) is 6.67. The lowest BCUT2D eigenvalue weighted by Gasteiger charge is -2.08. The standard InChI is InChI=1S/C20H25NO3/c1-15-13-17(8-11-19(15)24-3)14-20(22)21-12-4-5-16-6-9-18(23-2)10-7-16/h6-11,13H,4-5,12,14H2,1-3H3,(H,21,22). The van der Waals surface area contributed by atoms with Gasteiger partial charge in [0.25, 0.3) is 0 Å². The Morgan fingerprint density at radius 1 is 1.00 bits per heavy atom. The molecule has 1 N–H and O–H groups in total. The predicted octanol–water partition coefficient (Wildman–Crippen LogP) is 3.30. The van der Waals surface area contributed by atoms with Crippen molar-refractivity contribution in [1.82, 2.24) is 5.32 Å². The molecule has 0 aromatic heterocycles. The molecular weight excluding hydrogens is 302 g/mol. The summed E-state index contributed by atoms with van der Waals surface area (Å²) in [6, 6.07) is 13.9. The van der Waals surface area contributed by atoms with Gasteiger partial charge in [0, 0.05) is 6.54 Å². The fraction of sp³-hybridized carbons (Fsp3) is 0.350. The molecule has 4 nitrogen and oxygen atoms in total. The van der Waals surface area contributed by atoms with Crippen LogP contribution in [0.25, 0.3) is 0 Å². The lowest BCUT2D eigenvalue weighted by Crippen LogP contribution is -2.26. The van der Waals surface area contributed by atoms with Crippen molar-refractivity contribution in [2.45, 2.75) is 26.2 Å². The molecule has 4 heteroatoms. The van der Waals surface area contributed by atoms with Crippen LogP contribution in [0.1, 0.15) is 23.1 Å². The third-order valence-electron chi connectivity index (χ3n) is 3.95. The van der Waals surface area contributed by atoms with Crippen molar-refractivity contribution >= 4 is 5.91 Å². The Morgan fingerprint density at radius 3 is 2.33 bits per heavy atom. The zero-order chi connectivity index (χ0) is 17.4. The van der Waals surface area contributed by atoms with Crippen LogP contribution in [0.2, 0.25) is 0 Å². The van der Waals surface area contributed by atoms with Crippen molar-refractivity contribution in [1.29, 1.82) is 0 Å². The second kappa shape index (κ2) is 8.96. The molecule has 0 heterocycles. The molecule has 24 heavy (non-hydrogen) atoms. The Morgan fingerprint density at radius 2 is 1.71 bits per heavy atom. The zero-order valence-corrected chi connectivity index (χ0v) is 14.6. The number of methoxy groups -OCH3 is 2. The highest BCUT2D eigenvalue weighted by Gasteiger charge is 2.05. The van der Waals surface area contributed by atoms with E-state index in [9.17, 15) is 4.79 Å².